The quantitative estimate of drug-likeness (QED) is 0.441. The van der Waals surface area contributed by atoms with Gasteiger partial charge in [-0.25, -0.2) is 0 Å². The first kappa shape index (κ1) is 11.6. The van der Waals surface area contributed by atoms with Crippen molar-refractivity contribution in [1.82, 2.24) is 5.32 Å². The smallest absolute Gasteiger partial charge is 0.234 e. The van der Waals surface area contributed by atoms with Crippen molar-refractivity contribution in [3.05, 3.63) is 0 Å². The third-order valence-corrected chi connectivity index (χ3v) is 1.32. The van der Waals surface area contributed by atoms with Crippen LogP contribution < -0.4 is 16.8 Å². The lowest BCUT2D eigenvalue weighted by molar-refractivity contribution is -0.125. The molecule has 0 heterocycles. The van der Waals surface area contributed by atoms with E-state index >= 15 is 0 Å². The first-order valence-corrected chi connectivity index (χ1v) is 3.83. The van der Waals surface area contributed by atoms with Gasteiger partial charge in [-0.15, -0.1) is 0 Å². The molecule has 0 unspecified atom stereocenters. The molecule has 0 aliphatic carbocycles. The van der Waals surface area contributed by atoms with E-state index in [1.54, 1.807) is 0 Å². The van der Waals surface area contributed by atoms with Crippen LogP contribution in [0.3, 0.4) is 0 Å². The summed E-state index contributed by atoms with van der Waals surface area (Å²) in [5.41, 5.74) is 9.81. The van der Waals surface area contributed by atoms with Gasteiger partial charge in [-0.05, 0) is 0 Å². The fourth-order valence-corrected chi connectivity index (χ4v) is 0.620. The van der Waals surface area contributed by atoms with Crippen LogP contribution in [0, 0.1) is 0 Å². The van der Waals surface area contributed by atoms with Crippen molar-refractivity contribution in [1.29, 1.82) is 0 Å². The molecule has 6 heteroatoms. The molecule has 2 amide bonds. The maximum atomic E-state index is 10.9. The van der Waals surface area contributed by atoms with Crippen LogP contribution in [0.15, 0.2) is 0 Å². The first-order valence-electron chi connectivity index (χ1n) is 3.83. The molecule has 0 saturated heterocycles. The SMILES string of the molecule is NCC(=O)NCC(=O)CCC(N)=O. The van der Waals surface area contributed by atoms with Gasteiger partial charge in [0.25, 0.3) is 0 Å². The highest BCUT2D eigenvalue weighted by molar-refractivity contribution is 5.88. The average Bonchev–Trinajstić information content (AvgIpc) is 2.10. The average molecular weight is 187 g/mol. The second kappa shape index (κ2) is 6.13. The number of primary amides is 1. The molecule has 0 atom stereocenters. The van der Waals surface area contributed by atoms with Gasteiger partial charge >= 0.3 is 0 Å². The van der Waals surface area contributed by atoms with Gasteiger partial charge in [-0.3, -0.25) is 14.4 Å². The Bertz CT molecular complexity index is 215. The molecule has 0 aliphatic heterocycles. The maximum absolute atomic E-state index is 10.9. The van der Waals surface area contributed by atoms with Crippen LogP contribution in [0.4, 0.5) is 0 Å². The van der Waals surface area contributed by atoms with Gasteiger partial charge in [0.1, 0.15) is 0 Å². The molecule has 0 rings (SSSR count). The van der Waals surface area contributed by atoms with E-state index in [1.807, 2.05) is 0 Å². The Morgan fingerprint density at radius 3 is 2.23 bits per heavy atom. The van der Waals surface area contributed by atoms with Gasteiger partial charge in [0.2, 0.25) is 11.8 Å². The molecule has 0 aliphatic rings. The zero-order valence-corrected chi connectivity index (χ0v) is 7.21. The third-order valence-electron chi connectivity index (χ3n) is 1.32. The number of carbonyl (C=O) groups is 3. The van der Waals surface area contributed by atoms with Gasteiger partial charge in [0, 0.05) is 12.8 Å². The van der Waals surface area contributed by atoms with Crippen molar-refractivity contribution in [2.24, 2.45) is 11.5 Å². The molecule has 0 saturated carbocycles. The summed E-state index contributed by atoms with van der Waals surface area (Å²) in [4.78, 5) is 31.7. The summed E-state index contributed by atoms with van der Waals surface area (Å²) in [5.74, 6) is -1.16. The largest absolute Gasteiger partial charge is 0.370 e. The third kappa shape index (κ3) is 6.95. The van der Waals surface area contributed by atoms with E-state index < -0.39 is 11.8 Å². The zero-order valence-electron chi connectivity index (χ0n) is 7.21. The van der Waals surface area contributed by atoms with E-state index in [0.29, 0.717) is 0 Å². The van der Waals surface area contributed by atoms with Crippen molar-refractivity contribution < 1.29 is 14.4 Å². The van der Waals surface area contributed by atoms with Crippen LogP contribution in [-0.2, 0) is 14.4 Å². The Balaban J connectivity index is 3.52. The van der Waals surface area contributed by atoms with Crippen molar-refractivity contribution in [2.75, 3.05) is 13.1 Å². The van der Waals surface area contributed by atoms with Crippen LogP contribution in [0.2, 0.25) is 0 Å². The number of Topliss-reactive ketones (excluding diaryl/α,β-unsaturated/α-hetero) is 1. The number of nitrogens with two attached hydrogens (primary N) is 2. The van der Waals surface area contributed by atoms with E-state index in [4.69, 9.17) is 11.5 Å². The molecule has 5 N–H and O–H groups in total. The number of ketones is 1. The number of carbonyl (C=O) groups excluding carboxylic acids is 3. The highest BCUT2D eigenvalue weighted by Crippen LogP contribution is 1.88. The lowest BCUT2D eigenvalue weighted by Gasteiger charge is -2.01. The molecule has 0 bridgehead atoms. The van der Waals surface area contributed by atoms with Crippen LogP contribution in [0.1, 0.15) is 12.8 Å². The van der Waals surface area contributed by atoms with E-state index in [2.05, 4.69) is 5.32 Å². The molecule has 0 aromatic carbocycles. The number of nitrogens with one attached hydrogen (secondary N) is 1. The molecule has 6 nitrogen and oxygen atoms in total. The molecule has 0 spiro atoms. The Morgan fingerprint density at radius 2 is 1.77 bits per heavy atom. The normalized spacial score (nSPS) is 9.31. The summed E-state index contributed by atoms with van der Waals surface area (Å²) in [5, 5.41) is 2.29. The Labute approximate surface area is 75.6 Å². The fourth-order valence-electron chi connectivity index (χ4n) is 0.620. The minimum absolute atomic E-state index is 0.0112. The highest BCUT2D eigenvalue weighted by Gasteiger charge is 2.05. The van der Waals surface area contributed by atoms with Gasteiger partial charge < -0.3 is 16.8 Å². The highest BCUT2D eigenvalue weighted by atomic mass is 16.2. The summed E-state index contributed by atoms with van der Waals surface area (Å²) >= 11 is 0. The molecule has 74 valence electrons. The van der Waals surface area contributed by atoms with Crippen LogP contribution in [-0.4, -0.2) is 30.7 Å². The Kier molecular flexibility index (Phi) is 5.45. The minimum atomic E-state index is -0.529. The second-order valence-electron chi connectivity index (χ2n) is 2.49. The van der Waals surface area contributed by atoms with Crippen molar-refractivity contribution in [2.45, 2.75) is 12.8 Å². The minimum Gasteiger partial charge on any atom is -0.370 e. The molecule has 0 fully saturated rings. The predicted octanol–water partition coefficient (Wildman–Crippen LogP) is -2.10. The summed E-state index contributed by atoms with van der Waals surface area (Å²) in [6.45, 7) is -0.244. The van der Waals surface area contributed by atoms with E-state index in [-0.39, 0.29) is 31.7 Å². The number of hydrogen-bond donors (Lipinski definition) is 3. The molecule has 13 heavy (non-hydrogen) atoms. The van der Waals surface area contributed by atoms with E-state index in [1.165, 1.54) is 0 Å². The predicted molar refractivity (Wildman–Crippen MR) is 45.5 cm³/mol. The molecule has 0 radical (unpaired) electrons. The van der Waals surface area contributed by atoms with Gasteiger partial charge in [0.05, 0.1) is 13.1 Å². The zero-order chi connectivity index (χ0) is 10.3. The van der Waals surface area contributed by atoms with Crippen molar-refractivity contribution >= 4 is 17.6 Å². The van der Waals surface area contributed by atoms with Crippen LogP contribution in [0.25, 0.3) is 0 Å². The maximum Gasteiger partial charge on any atom is 0.234 e. The molecular weight excluding hydrogens is 174 g/mol. The van der Waals surface area contributed by atoms with Crippen LogP contribution in [0.5, 0.6) is 0 Å². The summed E-state index contributed by atoms with van der Waals surface area (Å²) in [6.07, 6.45) is 0.0670. The molecule has 0 aromatic heterocycles. The number of amides is 2. The Hall–Kier alpha value is -1.43. The lowest BCUT2D eigenvalue weighted by atomic mass is 10.2. The van der Waals surface area contributed by atoms with E-state index in [0.717, 1.165) is 0 Å². The van der Waals surface area contributed by atoms with E-state index in [9.17, 15) is 14.4 Å². The second-order valence-corrected chi connectivity index (χ2v) is 2.49. The lowest BCUT2D eigenvalue weighted by Crippen LogP contribution is -2.34. The molecular formula is C7H13N3O3. The van der Waals surface area contributed by atoms with Crippen molar-refractivity contribution in [3.63, 3.8) is 0 Å². The topological polar surface area (TPSA) is 115 Å². The Morgan fingerprint density at radius 1 is 1.15 bits per heavy atom. The van der Waals surface area contributed by atoms with Gasteiger partial charge in [-0.2, -0.15) is 0 Å². The monoisotopic (exact) mass is 187 g/mol. The fraction of sp³-hybridized carbons (Fsp3) is 0.571. The van der Waals surface area contributed by atoms with Gasteiger partial charge in [-0.1, -0.05) is 0 Å². The summed E-state index contributed by atoms with van der Waals surface area (Å²) in [6, 6.07) is 0. The molecule has 0 aromatic rings. The number of rotatable bonds is 6. The van der Waals surface area contributed by atoms with Crippen LogP contribution >= 0.6 is 0 Å². The standard InChI is InChI=1S/C7H13N3O3/c8-3-7(13)10-4-5(11)1-2-6(9)12/h1-4,8H2,(H2,9,12)(H,10,13). The first-order chi connectivity index (χ1) is 6.06. The summed E-state index contributed by atoms with van der Waals surface area (Å²) < 4.78 is 0. The summed E-state index contributed by atoms with van der Waals surface area (Å²) in [7, 11) is 0. The van der Waals surface area contributed by atoms with Crippen molar-refractivity contribution in [3.8, 4) is 0 Å². The van der Waals surface area contributed by atoms with Gasteiger partial charge in [0.15, 0.2) is 5.78 Å². The number of hydrogen-bond acceptors (Lipinski definition) is 4.